The summed E-state index contributed by atoms with van der Waals surface area (Å²) in [5.41, 5.74) is 2.79. The molecule has 4 aromatic carbocycles. The number of aromatic nitrogens is 1. The van der Waals surface area contributed by atoms with Gasteiger partial charge in [0.25, 0.3) is 13.9 Å². The number of nitrogens with zero attached hydrogens (tertiary/aromatic N) is 1. The van der Waals surface area contributed by atoms with Crippen LogP contribution in [0.2, 0.25) is 5.04 Å². The normalized spacial score (nSPS) is 13.7. The Hall–Kier alpha value is -4.06. The quantitative estimate of drug-likeness (QED) is 0.228. The molecule has 0 fully saturated rings. The third-order valence-electron chi connectivity index (χ3n) is 8.95. The highest BCUT2D eigenvalue weighted by molar-refractivity contribution is 6.98. The fourth-order valence-corrected chi connectivity index (χ4v) is 10.4. The molecule has 0 aliphatic heterocycles. The maximum absolute atomic E-state index is 13.9. The first kappa shape index (κ1) is 27.1. The molecular weight excluding hydrogens is 522 g/mol. The summed E-state index contributed by atoms with van der Waals surface area (Å²) in [4.78, 5) is 40.0. The van der Waals surface area contributed by atoms with Gasteiger partial charge in [-0.1, -0.05) is 124 Å². The zero-order valence-corrected chi connectivity index (χ0v) is 24.8. The average Bonchev–Trinajstić information content (AvgIpc) is 3.31. The largest absolute Gasteiger partial charge is 0.424 e. The lowest BCUT2D eigenvalue weighted by atomic mass is 9.97. The Morgan fingerprint density at radius 1 is 0.732 bits per heavy atom. The molecule has 5 heteroatoms. The van der Waals surface area contributed by atoms with Crippen molar-refractivity contribution < 1.29 is 9.59 Å². The lowest BCUT2D eigenvalue weighted by Gasteiger charge is -2.42. The fraction of sp³-hybridized carbons (Fsp3) is 0.222. The molecule has 1 N–H and O–H groups in total. The summed E-state index contributed by atoms with van der Waals surface area (Å²) in [7, 11) is -3.12. The third kappa shape index (κ3) is 4.40. The molecule has 0 spiro atoms. The second kappa shape index (κ2) is 10.4. The molecule has 1 aromatic heterocycles. The Bertz CT molecular complexity index is 1770. The van der Waals surface area contributed by atoms with Crippen molar-refractivity contribution in [3.05, 3.63) is 131 Å². The first-order valence-electron chi connectivity index (χ1n) is 14.4. The summed E-state index contributed by atoms with van der Waals surface area (Å²) in [5, 5.41) is 2.93. The number of pyridine rings is 1. The van der Waals surface area contributed by atoms with E-state index in [4.69, 9.17) is 0 Å². The number of carbonyl (C=O) groups is 1. The Morgan fingerprint density at radius 3 is 1.85 bits per heavy atom. The maximum atomic E-state index is 13.9. The van der Waals surface area contributed by atoms with Gasteiger partial charge in [-0.2, -0.15) is 0 Å². The Kier molecular flexibility index (Phi) is 6.88. The Morgan fingerprint density at radius 2 is 1.24 bits per heavy atom. The molecule has 206 valence electrons. The van der Waals surface area contributed by atoms with Gasteiger partial charge in [-0.05, 0) is 40.2 Å². The van der Waals surface area contributed by atoms with Crippen LogP contribution in [0.25, 0.3) is 22.0 Å². The van der Waals surface area contributed by atoms with Crippen molar-refractivity contribution in [3.63, 3.8) is 0 Å². The van der Waals surface area contributed by atoms with Gasteiger partial charge >= 0.3 is 0 Å². The standard InChI is InChI=1S/C36H35NO3Si/c1-25(22-23-36(2,3)41(40,26-14-6-4-7-15-26)27-16-8-5-9-17-27)24-37-33-29-19-11-12-20-30(29)34(38)32(33)28-18-10-13-21-31(28)35(37)39/h4-21,25,40H,22-24H2,1-3H3. The molecule has 1 aliphatic carbocycles. The van der Waals surface area contributed by atoms with E-state index in [-0.39, 0.29) is 22.3 Å². The van der Waals surface area contributed by atoms with Crippen molar-refractivity contribution >= 4 is 35.2 Å². The van der Waals surface area contributed by atoms with Crippen molar-refractivity contribution in [2.75, 3.05) is 0 Å². The second-order valence-corrected chi connectivity index (χ2v) is 16.0. The summed E-state index contributed by atoms with van der Waals surface area (Å²) in [5.74, 6) is 0.126. The third-order valence-corrected chi connectivity index (χ3v) is 13.5. The molecule has 1 heterocycles. The zero-order chi connectivity index (χ0) is 28.8. The predicted octanol–water partition coefficient (Wildman–Crippen LogP) is 6.16. The summed E-state index contributed by atoms with van der Waals surface area (Å²) in [6.07, 6.45) is 1.62. The smallest absolute Gasteiger partial charge is 0.258 e. The topological polar surface area (TPSA) is 59.3 Å². The minimum atomic E-state index is -3.12. The SMILES string of the molecule is CC(CCC(C)(C)[Si](O)(c1ccccc1)c1ccccc1)Cn1c2c(c3ccccc3c1=O)C(=O)c1ccccc1-2. The fourth-order valence-electron chi connectivity index (χ4n) is 6.60. The molecular formula is C36H35NO3Si. The van der Waals surface area contributed by atoms with Gasteiger partial charge in [0.15, 0.2) is 5.78 Å². The number of ketones is 1. The molecule has 1 aliphatic rings. The maximum Gasteiger partial charge on any atom is 0.258 e. The molecule has 0 saturated heterocycles. The van der Waals surface area contributed by atoms with Crippen LogP contribution in [-0.4, -0.2) is 23.5 Å². The van der Waals surface area contributed by atoms with E-state index < -0.39 is 8.32 Å². The van der Waals surface area contributed by atoms with Crippen molar-refractivity contribution in [1.29, 1.82) is 0 Å². The monoisotopic (exact) mass is 557 g/mol. The van der Waals surface area contributed by atoms with Crippen LogP contribution in [0.4, 0.5) is 0 Å². The number of rotatable bonds is 8. The lowest BCUT2D eigenvalue weighted by Crippen LogP contribution is -2.65. The Balaban J connectivity index is 1.35. The molecule has 6 rings (SSSR count). The summed E-state index contributed by atoms with van der Waals surface area (Å²) >= 11 is 0. The van der Waals surface area contributed by atoms with Crippen LogP contribution in [0.3, 0.4) is 0 Å². The number of benzene rings is 4. The first-order valence-corrected chi connectivity index (χ1v) is 16.3. The van der Waals surface area contributed by atoms with Crippen molar-refractivity contribution in [2.45, 2.75) is 45.2 Å². The molecule has 5 aromatic rings. The first-order chi connectivity index (χ1) is 19.7. The number of carbonyl (C=O) groups excluding carboxylic acids is 1. The molecule has 4 nitrogen and oxygen atoms in total. The van der Waals surface area contributed by atoms with E-state index in [9.17, 15) is 14.4 Å². The number of hydrogen-bond acceptors (Lipinski definition) is 3. The minimum absolute atomic E-state index is 0.0175. The molecule has 41 heavy (non-hydrogen) atoms. The van der Waals surface area contributed by atoms with Gasteiger partial charge in [0.2, 0.25) is 0 Å². The van der Waals surface area contributed by atoms with E-state index in [1.54, 1.807) is 0 Å². The van der Waals surface area contributed by atoms with Crippen molar-refractivity contribution in [2.24, 2.45) is 5.92 Å². The lowest BCUT2D eigenvalue weighted by molar-refractivity contribution is 0.104. The summed E-state index contributed by atoms with van der Waals surface area (Å²) in [6.45, 7) is 7.03. The highest BCUT2D eigenvalue weighted by Gasteiger charge is 2.49. The predicted molar refractivity (Wildman–Crippen MR) is 170 cm³/mol. The van der Waals surface area contributed by atoms with Gasteiger partial charge in [0, 0.05) is 28.4 Å². The molecule has 0 saturated carbocycles. The van der Waals surface area contributed by atoms with E-state index in [1.807, 2.05) is 89.5 Å². The van der Waals surface area contributed by atoms with Crippen LogP contribution >= 0.6 is 0 Å². The zero-order valence-electron chi connectivity index (χ0n) is 23.8. The average molecular weight is 558 g/mol. The van der Waals surface area contributed by atoms with Gasteiger partial charge in [0.1, 0.15) is 0 Å². The highest BCUT2D eigenvalue weighted by Crippen LogP contribution is 2.42. The second-order valence-electron chi connectivity index (χ2n) is 12.0. The van der Waals surface area contributed by atoms with E-state index in [0.29, 0.717) is 23.1 Å². The van der Waals surface area contributed by atoms with Crippen LogP contribution in [0.1, 0.15) is 49.5 Å². The number of hydrogen-bond donors (Lipinski definition) is 1. The molecule has 0 amide bonds. The van der Waals surface area contributed by atoms with Gasteiger partial charge in [-0.25, -0.2) is 0 Å². The van der Waals surface area contributed by atoms with Gasteiger partial charge in [0.05, 0.1) is 11.3 Å². The van der Waals surface area contributed by atoms with E-state index in [1.165, 1.54) is 0 Å². The van der Waals surface area contributed by atoms with E-state index in [2.05, 4.69) is 45.0 Å². The van der Waals surface area contributed by atoms with Gasteiger partial charge in [-0.3, -0.25) is 9.59 Å². The minimum Gasteiger partial charge on any atom is -0.424 e. The van der Waals surface area contributed by atoms with Crippen molar-refractivity contribution in [1.82, 2.24) is 4.57 Å². The number of fused-ring (bicyclic) bond motifs is 5. The van der Waals surface area contributed by atoms with E-state index >= 15 is 0 Å². The molecule has 1 atom stereocenters. The van der Waals surface area contributed by atoms with Crippen LogP contribution in [0.15, 0.2) is 114 Å². The molecule has 0 radical (unpaired) electrons. The molecule has 0 bridgehead atoms. The van der Waals surface area contributed by atoms with Crippen LogP contribution in [-0.2, 0) is 6.54 Å². The highest BCUT2D eigenvalue weighted by atomic mass is 28.4. The summed E-state index contributed by atoms with van der Waals surface area (Å²) < 4.78 is 1.83. The molecule has 1 unspecified atom stereocenters. The Labute approximate surface area is 242 Å². The summed E-state index contributed by atoms with van der Waals surface area (Å²) in [6, 6.07) is 35.2. The van der Waals surface area contributed by atoms with Crippen molar-refractivity contribution in [3.8, 4) is 11.3 Å². The van der Waals surface area contributed by atoms with E-state index in [0.717, 1.165) is 39.9 Å². The van der Waals surface area contributed by atoms with Gasteiger partial charge in [-0.15, -0.1) is 0 Å². The van der Waals surface area contributed by atoms with Crippen LogP contribution in [0, 0.1) is 5.92 Å². The van der Waals surface area contributed by atoms with Crippen LogP contribution < -0.4 is 15.9 Å². The van der Waals surface area contributed by atoms with Crippen LogP contribution in [0.5, 0.6) is 0 Å². The van der Waals surface area contributed by atoms with Gasteiger partial charge < -0.3 is 9.36 Å².